The van der Waals surface area contributed by atoms with Gasteiger partial charge in [0.15, 0.2) is 23.0 Å². The number of carbonyl (C=O) groups excluding carboxylic acids is 1. The number of hydrogen-bond acceptors (Lipinski definition) is 7. The van der Waals surface area contributed by atoms with E-state index < -0.39 is 5.97 Å². The fourth-order valence-corrected chi connectivity index (χ4v) is 3.12. The van der Waals surface area contributed by atoms with Crippen molar-refractivity contribution in [3.05, 3.63) is 41.5 Å². The first-order chi connectivity index (χ1) is 15.1. The van der Waals surface area contributed by atoms with Gasteiger partial charge in [-0.25, -0.2) is 4.79 Å². The average Bonchev–Trinajstić information content (AvgIpc) is 2.81. The first kappa shape index (κ1) is 27.2. The van der Waals surface area contributed by atoms with Gasteiger partial charge in [0.2, 0.25) is 5.75 Å². The van der Waals surface area contributed by atoms with Gasteiger partial charge in [0, 0.05) is 12.8 Å². The summed E-state index contributed by atoms with van der Waals surface area (Å²) in [6.07, 6.45) is 1.66. The lowest BCUT2D eigenvalue weighted by Gasteiger charge is -2.13. The molecule has 0 aliphatic heterocycles. The SMILES string of the molecule is COc1ccc(CC[NH2+]CCCOC(=O)c2cc(OC)c(OC)c(OC)c2)cc1OC.[Cl-]. The summed E-state index contributed by atoms with van der Waals surface area (Å²) in [6, 6.07) is 9.11. The van der Waals surface area contributed by atoms with Crippen LogP contribution >= 0.6 is 0 Å². The van der Waals surface area contributed by atoms with Crippen molar-refractivity contribution in [2.75, 3.05) is 55.2 Å². The normalized spacial score (nSPS) is 10.0. The second-order valence-electron chi connectivity index (χ2n) is 6.71. The van der Waals surface area contributed by atoms with Gasteiger partial charge in [-0.3, -0.25) is 0 Å². The molecule has 0 heterocycles. The van der Waals surface area contributed by atoms with E-state index in [1.165, 1.54) is 26.9 Å². The second kappa shape index (κ2) is 14.3. The minimum absolute atomic E-state index is 0. The molecule has 0 aromatic heterocycles. The predicted molar refractivity (Wildman–Crippen MR) is 116 cm³/mol. The summed E-state index contributed by atoms with van der Waals surface area (Å²) in [4.78, 5) is 12.4. The van der Waals surface area contributed by atoms with Crippen molar-refractivity contribution in [2.24, 2.45) is 0 Å². The maximum absolute atomic E-state index is 12.4. The van der Waals surface area contributed by atoms with Crippen LogP contribution in [0.5, 0.6) is 28.7 Å². The first-order valence-corrected chi connectivity index (χ1v) is 10.1. The number of quaternary nitrogens is 1. The Labute approximate surface area is 195 Å². The molecule has 2 aromatic rings. The van der Waals surface area contributed by atoms with E-state index in [2.05, 4.69) is 5.32 Å². The summed E-state index contributed by atoms with van der Waals surface area (Å²) >= 11 is 0. The lowest BCUT2D eigenvalue weighted by Crippen LogP contribution is -3.00. The molecule has 8 nitrogen and oxygen atoms in total. The lowest BCUT2D eigenvalue weighted by atomic mass is 10.1. The van der Waals surface area contributed by atoms with E-state index in [4.69, 9.17) is 28.4 Å². The fourth-order valence-electron chi connectivity index (χ4n) is 3.12. The molecule has 0 saturated heterocycles. The first-order valence-electron chi connectivity index (χ1n) is 10.1. The van der Waals surface area contributed by atoms with Gasteiger partial charge in [0.05, 0.1) is 60.8 Å². The number of rotatable bonds is 13. The van der Waals surface area contributed by atoms with Gasteiger partial charge in [-0.05, 0) is 29.8 Å². The van der Waals surface area contributed by atoms with E-state index in [-0.39, 0.29) is 12.4 Å². The molecule has 178 valence electrons. The number of halogens is 1. The molecule has 0 unspecified atom stereocenters. The number of hydrogen-bond donors (Lipinski definition) is 1. The van der Waals surface area contributed by atoms with Crippen LogP contribution in [0, 0.1) is 0 Å². The van der Waals surface area contributed by atoms with Gasteiger partial charge in [-0.15, -0.1) is 0 Å². The van der Waals surface area contributed by atoms with Crippen molar-refractivity contribution in [1.82, 2.24) is 0 Å². The Morgan fingerprint density at radius 3 is 1.97 bits per heavy atom. The molecule has 0 fully saturated rings. The summed E-state index contributed by atoms with van der Waals surface area (Å²) in [6.45, 7) is 2.12. The number of esters is 1. The maximum Gasteiger partial charge on any atom is 0.338 e. The van der Waals surface area contributed by atoms with E-state index in [0.29, 0.717) is 29.4 Å². The Hall–Kier alpha value is -2.84. The third-order valence-electron chi connectivity index (χ3n) is 4.77. The highest BCUT2D eigenvalue weighted by atomic mass is 35.5. The Balaban J connectivity index is 0.00000512. The van der Waals surface area contributed by atoms with Gasteiger partial charge in [0.25, 0.3) is 0 Å². The summed E-state index contributed by atoms with van der Waals surface area (Å²) in [7, 11) is 7.78. The summed E-state index contributed by atoms with van der Waals surface area (Å²) in [5, 5.41) is 2.20. The Kier molecular flexibility index (Phi) is 12.1. The summed E-state index contributed by atoms with van der Waals surface area (Å²) in [5.41, 5.74) is 1.54. The minimum atomic E-state index is -0.426. The number of ether oxygens (including phenoxy) is 6. The van der Waals surface area contributed by atoms with Gasteiger partial charge in [0.1, 0.15) is 0 Å². The molecular formula is C23H32ClNO7. The van der Waals surface area contributed by atoms with Crippen LogP contribution in [-0.4, -0.2) is 61.2 Å². The van der Waals surface area contributed by atoms with E-state index in [1.807, 2.05) is 18.2 Å². The molecule has 0 amide bonds. The predicted octanol–water partition coefficient (Wildman–Crippen LogP) is -0.913. The summed E-state index contributed by atoms with van der Waals surface area (Å²) < 4.78 is 31.8. The minimum Gasteiger partial charge on any atom is -1.00 e. The van der Waals surface area contributed by atoms with Crippen molar-refractivity contribution in [2.45, 2.75) is 12.8 Å². The maximum atomic E-state index is 12.4. The molecular weight excluding hydrogens is 438 g/mol. The number of methoxy groups -OCH3 is 5. The van der Waals surface area contributed by atoms with E-state index in [0.717, 1.165) is 37.4 Å². The van der Waals surface area contributed by atoms with Gasteiger partial charge >= 0.3 is 5.97 Å². The van der Waals surface area contributed by atoms with E-state index in [9.17, 15) is 4.79 Å². The van der Waals surface area contributed by atoms with Crippen LogP contribution in [0.25, 0.3) is 0 Å². The topological polar surface area (TPSA) is 89.1 Å². The standard InChI is InChI=1S/C23H31NO7.ClH/c1-26-18-8-7-16(13-19(18)27-2)9-11-24-10-6-12-31-23(25)17-14-20(28-3)22(30-5)21(15-17)29-4;/h7-8,13-15,24H,6,9-12H2,1-5H3;1H. The number of carbonyl (C=O) groups is 1. The fraction of sp³-hybridized carbons (Fsp3) is 0.435. The molecule has 9 heteroatoms. The molecule has 2 rings (SSSR count). The largest absolute Gasteiger partial charge is 1.00 e. The van der Waals surface area contributed by atoms with Crippen molar-refractivity contribution >= 4 is 5.97 Å². The van der Waals surface area contributed by atoms with Crippen LogP contribution in [-0.2, 0) is 11.2 Å². The molecule has 32 heavy (non-hydrogen) atoms. The smallest absolute Gasteiger partial charge is 0.338 e. The highest BCUT2D eigenvalue weighted by molar-refractivity contribution is 5.91. The Bertz CT molecular complexity index is 835. The molecule has 0 atom stereocenters. The van der Waals surface area contributed by atoms with Crippen molar-refractivity contribution < 1.29 is 50.9 Å². The van der Waals surface area contributed by atoms with Crippen molar-refractivity contribution in [1.29, 1.82) is 0 Å². The van der Waals surface area contributed by atoms with Crippen LogP contribution in [0.3, 0.4) is 0 Å². The highest BCUT2D eigenvalue weighted by Gasteiger charge is 2.17. The average molecular weight is 470 g/mol. The highest BCUT2D eigenvalue weighted by Crippen LogP contribution is 2.38. The van der Waals surface area contributed by atoms with Crippen LogP contribution < -0.4 is 41.4 Å². The third kappa shape index (κ3) is 7.39. The Morgan fingerprint density at radius 2 is 1.41 bits per heavy atom. The van der Waals surface area contributed by atoms with Crippen LogP contribution in [0.15, 0.2) is 30.3 Å². The molecule has 0 aliphatic rings. The van der Waals surface area contributed by atoms with E-state index in [1.54, 1.807) is 26.4 Å². The van der Waals surface area contributed by atoms with Crippen LogP contribution in [0.4, 0.5) is 0 Å². The molecule has 0 radical (unpaired) electrons. The zero-order chi connectivity index (χ0) is 22.6. The third-order valence-corrected chi connectivity index (χ3v) is 4.77. The zero-order valence-electron chi connectivity index (χ0n) is 19.2. The summed E-state index contributed by atoms with van der Waals surface area (Å²) in [5.74, 6) is 2.30. The molecule has 0 aliphatic carbocycles. The monoisotopic (exact) mass is 469 g/mol. The van der Waals surface area contributed by atoms with E-state index >= 15 is 0 Å². The molecule has 0 bridgehead atoms. The Morgan fingerprint density at radius 1 is 0.781 bits per heavy atom. The van der Waals surface area contributed by atoms with Gasteiger partial charge < -0.3 is 46.1 Å². The number of benzene rings is 2. The molecule has 2 N–H and O–H groups in total. The van der Waals surface area contributed by atoms with Crippen molar-refractivity contribution in [3.63, 3.8) is 0 Å². The second-order valence-corrected chi connectivity index (χ2v) is 6.71. The van der Waals surface area contributed by atoms with Gasteiger partial charge in [-0.2, -0.15) is 0 Å². The van der Waals surface area contributed by atoms with Crippen LogP contribution in [0.1, 0.15) is 22.3 Å². The quantitative estimate of drug-likeness (QED) is 0.300. The van der Waals surface area contributed by atoms with Crippen LogP contribution in [0.2, 0.25) is 0 Å². The molecule has 0 spiro atoms. The molecule has 2 aromatic carbocycles. The van der Waals surface area contributed by atoms with Crippen molar-refractivity contribution in [3.8, 4) is 28.7 Å². The number of nitrogens with two attached hydrogens (primary N) is 1. The zero-order valence-corrected chi connectivity index (χ0v) is 20.0. The molecule has 0 saturated carbocycles. The van der Waals surface area contributed by atoms with Gasteiger partial charge in [-0.1, -0.05) is 6.07 Å². The lowest BCUT2D eigenvalue weighted by molar-refractivity contribution is -0.654.